The Hall–Kier alpha value is -4.11. The minimum Gasteiger partial charge on any atom is -0.481 e. The monoisotopic (exact) mass is 433 g/mol. The Balaban J connectivity index is 1.82. The van der Waals surface area contributed by atoms with Gasteiger partial charge in [-0.05, 0) is 36.8 Å². The van der Waals surface area contributed by atoms with Crippen LogP contribution in [0.25, 0.3) is 16.9 Å². The third-order valence-corrected chi connectivity index (χ3v) is 5.06. The number of hydrogen-bond acceptors (Lipinski definition) is 5. The number of para-hydroxylation sites is 1. The van der Waals surface area contributed by atoms with E-state index in [9.17, 15) is 14.0 Å². The van der Waals surface area contributed by atoms with Crippen molar-refractivity contribution in [2.75, 3.05) is 5.32 Å². The van der Waals surface area contributed by atoms with E-state index in [2.05, 4.69) is 15.4 Å². The number of nitrogens with one attached hydrogen (secondary N) is 1. The highest BCUT2D eigenvalue weighted by atomic mass is 19.1. The van der Waals surface area contributed by atoms with Crippen LogP contribution in [0.3, 0.4) is 0 Å². The molecule has 2 aromatic carbocycles. The Morgan fingerprint density at radius 1 is 1.09 bits per heavy atom. The van der Waals surface area contributed by atoms with Gasteiger partial charge in [-0.25, -0.2) is 13.9 Å². The normalized spacial score (nSPS) is 11.0. The Labute approximate surface area is 182 Å². The quantitative estimate of drug-likeness (QED) is 0.429. The summed E-state index contributed by atoms with van der Waals surface area (Å²) in [6, 6.07) is 14.8. The molecule has 0 saturated heterocycles. The van der Waals surface area contributed by atoms with Crippen LogP contribution in [0, 0.1) is 12.7 Å². The standard InChI is InChI=1S/C23H20FN5O3/c1-13-9-10-18-21(23(32)26-17-8-3-2-5-14(17)11-19(30)31)27-22(28-29(13)18)16-7-4-6-15(12-25)20(16)24/h2-10H,11-12,25H2,1H3,(H,26,32)(H,30,31). The minimum absolute atomic E-state index is 0.0121. The van der Waals surface area contributed by atoms with Gasteiger partial charge in [-0.3, -0.25) is 9.59 Å². The summed E-state index contributed by atoms with van der Waals surface area (Å²) in [6.45, 7) is 1.82. The van der Waals surface area contributed by atoms with Crippen molar-refractivity contribution in [1.82, 2.24) is 14.6 Å². The smallest absolute Gasteiger partial charge is 0.307 e. The van der Waals surface area contributed by atoms with Crippen molar-refractivity contribution >= 4 is 23.1 Å². The maximum atomic E-state index is 14.9. The number of carbonyl (C=O) groups excluding carboxylic acids is 1. The average Bonchev–Trinajstić information content (AvgIpc) is 3.15. The summed E-state index contributed by atoms with van der Waals surface area (Å²) in [4.78, 5) is 28.7. The molecule has 0 bridgehead atoms. The van der Waals surface area contributed by atoms with Gasteiger partial charge >= 0.3 is 5.97 Å². The summed E-state index contributed by atoms with van der Waals surface area (Å²) in [5, 5.41) is 16.3. The zero-order valence-electron chi connectivity index (χ0n) is 17.2. The van der Waals surface area contributed by atoms with Gasteiger partial charge in [-0.15, -0.1) is 5.10 Å². The number of halogens is 1. The molecule has 0 aliphatic rings. The first-order valence-electron chi connectivity index (χ1n) is 9.84. The number of fused-ring (bicyclic) bond motifs is 1. The molecule has 0 radical (unpaired) electrons. The highest BCUT2D eigenvalue weighted by Gasteiger charge is 2.21. The molecule has 0 saturated carbocycles. The largest absolute Gasteiger partial charge is 0.481 e. The minimum atomic E-state index is -1.02. The van der Waals surface area contributed by atoms with Gasteiger partial charge < -0.3 is 16.2 Å². The van der Waals surface area contributed by atoms with Gasteiger partial charge in [0.05, 0.1) is 17.5 Å². The second kappa shape index (κ2) is 8.56. The molecule has 4 N–H and O–H groups in total. The summed E-state index contributed by atoms with van der Waals surface area (Å²) in [5.74, 6) is -2.09. The number of hydrogen-bond donors (Lipinski definition) is 3. The summed E-state index contributed by atoms with van der Waals surface area (Å²) in [6.07, 6.45) is -0.248. The van der Waals surface area contributed by atoms with Crippen LogP contribution >= 0.6 is 0 Å². The number of nitrogens with zero attached hydrogens (tertiary/aromatic N) is 3. The molecule has 0 unspecified atom stereocenters. The van der Waals surface area contributed by atoms with E-state index in [0.29, 0.717) is 22.3 Å². The predicted molar refractivity (Wildman–Crippen MR) is 117 cm³/mol. The van der Waals surface area contributed by atoms with Crippen LogP contribution in [0.15, 0.2) is 54.6 Å². The van der Waals surface area contributed by atoms with Gasteiger partial charge in [0.2, 0.25) is 0 Å². The number of aryl methyl sites for hydroxylation is 1. The van der Waals surface area contributed by atoms with Crippen LogP contribution in [-0.4, -0.2) is 31.6 Å². The van der Waals surface area contributed by atoms with E-state index in [1.807, 2.05) is 0 Å². The van der Waals surface area contributed by atoms with Crippen molar-refractivity contribution in [2.24, 2.45) is 5.73 Å². The molecule has 0 aliphatic carbocycles. The number of anilines is 1. The van der Waals surface area contributed by atoms with Crippen LogP contribution in [0.2, 0.25) is 0 Å². The lowest BCUT2D eigenvalue weighted by atomic mass is 10.1. The van der Waals surface area contributed by atoms with Crippen molar-refractivity contribution in [3.8, 4) is 11.4 Å². The molecule has 0 spiro atoms. The van der Waals surface area contributed by atoms with E-state index in [1.54, 1.807) is 55.5 Å². The highest BCUT2D eigenvalue weighted by molar-refractivity contribution is 6.08. The molecular weight excluding hydrogens is 413 g/mol. The molecule has 4 aromatic rings. The maximum absolute atomic E-state index is 14.9. The summed E-state index contributed by atoms with van der Waals surface area (Å²) >= 11 is 0. The first-order valence-corrected chi connectivity index (χ1v) is 9.84. The van der Waals surface area contributed by atoms with Crippen LogP contribution < -0.4 is 11.1 Å². The van der Waals surface area contributed by atoms with E-state index in [-0.39, 0.29) is 30.0 Å². The second-order valence-corrected chi connectivity index (χ2v) is 7.22. The molecule has 8 nitrogen and oxygen atoms in total. The summed E-state index contributed by atoms with van der Waals surface area (Å²) in [5.41, 5.74) is 8.07. The number of aromatic nitrogens is 3. The SMILES string of the molecule is Cc1ccc2c(C(=O)Nc3ccccc3CC(=O)O)nc(-c3cccc(CN)c3F)nn12. The van der Waals surface area contributed by atoms with Gasteiger partial charge in [0.15, 0.2) is 11.5 Å². The topological polar surface area (TPSA) is 123 Å². The van der Waals surface area contributed by atoms with Crippen LogP contribution in [0.4, 0.5) is 10.1 Å². The number of nitrogens with two attached hydrogens (primary N) is 1. The fourth-order valence-corrected chi connectivity index (χ4v) is 3.46. The molecule has 4 rings (SSSR count). The first kappa shape index (κ1) is 21.1. The number of benzene rings is 2. The molecule has 2 heterocycles. The highest BCUT2D eigenvalue weighted by Crippen LogP contribution is 2.25. The molecular formula is C23H20FN5O3. The van der Waals surface area contributed by atoms with Gasteiger partial charge in [0.25, 0.3) is 5.91 Å². The fraction of sp³-hybridized carbons (Fsp3) is 0.130. The Bertz CT molecular complexity index is 1350. The molecule has 1 amide bonds. The van der Waals surface area contributed by atoms with E-state index in [4.69, 9.17) is 10.8 Å². The lowest BCUT2D eigenvalue weighted by Crippen LogP contribution is -2.18. The van der Waals surface area contributed by atoms with Gasteiger partial charge in [0.1, 0.15) is 5.82 Å². The Kier molecular flexibility index (Phi) is 5.65. The molecule has 2 aromatic heterocycles. The molecule has 0 atom stereocenters. The van der Waals surface area contributed by atoms with Gasteiger partial charge in [0, 0.05) is 23.5 Å². The molecule has 162 valence electrons. The first-order chi connectivity index (χ1) is 15.4. The number of carboxylic acid groups (broad SMARTS) is 1. The van der Waals surface area contributed by atoms with E-state index in [1.165, 1.54) is 10.6 Å². The average molecular weight is 433 g/mol. The molecule has 9 heteroatoms. The number of amides is 1. The number of rotatable bonds is 6. The van der Waals surface area contributed by atoms with Crippen molar-refractivity contribution in [1.29, 1.82) is 0 Å². The number of aliphatic carboxylic acids is 1. The lowest BCUT2D eigenvalue weighted by molar-refractivity contribution is -0.136. The lowest BCUT2D eigenvalue weighted by Gasteiger charge is -2.12. The van der Waals surface area contributed by atoms with Crippen LogP contribution in [0.5, 0.6) is 0 Å². The predicted octanol–water partition coefficient (Wildman–Crippen LogP) is 3.18. The van der Waals surface area contributed by atoms with Crippen molar-refractivity contribution in [3.05, 3.63) is 82.9 Å². The van der Waals surface area contributed by atoms with E-state index >= 15 is 0 Å². The second-order valence-electron chi connectivity index (χ2n) is 7.22. The maximum Gasteiger partial charge on any atom is 0.307 e. The number of carbonyl (C=O) groups is 2. The molecule has 0 aliphatic heterocycles. The molecule has 32 heavy (non-hydrogen) atoms. The zero-order chi connectivity index (χ0) is 22.8. The van der Waals surface area contributed by atoms with Crippen LogP contribution in [-0.2, 0) is 17.8 Å². The van der Waals surface area contributed by atoms with E-state index in [0.717, 1.165) is 5.69 Å². The van der Waals surface area contributed by atoms with E-state index < -0.39 is 17.7 Å². The fourth-order valence-electron chi connectivity index (χ4n) is 3.46. The van der Waals surface area contributed by atoms with Crippen molar-refractivity contribution in [2.45, 2.75) is 19.9 Å². The van der Waals surface area contributed by atoms with Gasteiger partial charge in [-0.1, -0.05) is 30.3 Å². The zero-order valence-corrected chi connectivity index (χ0v) is 17.2. The summed E-state index contributed by atoms with van der Waals surface area (Å²) in [7, 11) is 0. The van der Waals surface area contributed by atoms with Crippen LogP contribution in [0.1, 0.15) is 27.3 Å². The Morgan fingerprint density at radius 3 is 2.59 bits per heavy atom. The summed E-state index contributed by atoms with van der Waals surface area (Å²) < 4.78 is 16.4. The van der Waals surface area contributed by atoms with Crippen molar-refractivity contribution < 1.29 is 19.1 Å². The third-order valence-electron chi connectivity index (χ3n) is 5.06. The van der Waals surface area contributed by atoms with Crippen molar-refractivity contribution in [3.63, 3.8) is 0 Å². The van der Waals surface area contributed by atoms with Gasteiger partial charge in [-0.2, -0.15) is 0 Å². The Morgan fingerprint density at radius 2 is 1.84 bits per heavy atom. The molecule has 0 fully saturated rings. The number of carboxylic acids is 1. The third kappa shape index (κ3) is 3.93.